The standard InChI is InChI=1S/C17H28N2/c1-13-8-9-15(16(11-13)18-4)17(2,3)12-14-7-5-6-10-19-14/h5-7,10,13,15-16,18H,8-9,11-12H2,1-4H3. The van der Waals surface area contributed by atoms with E-state index < -0.39 is 0 Å². The van der Waals surface area contributed by atoms with E-state index in [0.717, 1.165) is 18.3 Å². The maximum Gasteiger partial charge on any atom is 0.0409 e. The van der Waals surface area contributed by atoms with Crippen LogP contribution in [0.1, 0.15) is 45.7 Å². The van der Waals surface area contributed by atoms with Gasteiger partial charge in [-0.25, -0.2) is 0 Å². The highest BCUT2D eigenvalue weighted by Crippen LogP contribution is 2.41. The Morgan fingerprint density at radius 2 is 2.11 bits per heavy atom. The number of rotatable bonds is 4. The van der Waals surface area contributed by atoms with Crippen LogP contribution in [-0.2, 0) is 6.42 Å². The van der Waals surface area contributed by atoms with Crippen molar-refractivity contribution in [3.8, 4) is 0 Å². The Balaban J connectivity index is 2.09. The highest BCUT2D eigenvalue weighted by Gasteiger charge is 2.38. The molecule has 2 rings (SSSR count). The topological polar surface area (TPSA) is 24.9 Å². The molecule has 1 aliphatic carbocycles. The molecule has 0 amide bonds. The lowest BCUT2D eigenvalue weighted by atomic mass is 9.64. The number of hydrogen-bond acceptors (Lipinski definition) is 2. The van der Waals surface area contributed by atoms with Gasteiger partial charge in [-0.15, -0.1) is 0 Å². The van der Waals surface area contributed by atoms with E-state index in [9.17, 15) is 0 Å². The molecule has 1 aromatic heterocycles. The highest BCUT2D eigenvalue weighted by molar-refractivity contribution is 5.07. The predicted octanol–water partition coefficient (Wildman–Crippen LogP) is 3.67. The van der Waals surface area contributed by atoms with Gasteiger partial charge in [-0.3, -0.25) is 4.98 Å². The number of aromatic nitrogens is 1. The van der Waals surface area contributed by atoms with E-state index in [0.29, 0.717) is 11.5 Å². The Morgan fingerprint density at radius 3 is 2.74 bits per heavy atom. The van der Waals surface area contributed by atoms with Crippen molar-refractivity contribution in [1.29, 1.82) is 0 Å². The van der Waals surface area contributed by atoms with Crippen LogP contribution in [-0.4, -0.2) is 18.1 Å². The minimum atomic E-state index is 0.308. The zero-order chi connectivity index (χ0) is 13.9. The van der Waals surface area contributed by atoms with Crippen LogP contribution in [0.4, 0.5) is 0 Å². The number of nitrogens with one attached hydrogen (secondary N) is 1. The van der Waals surface area contributed by atoms with Crippen molar-refractivity contribution in [2.75, 3.05) is 7.05 Å². The molecule has 1 aliphatic rings. The van der Waals surface area contributed by atoms with E-state index in [-0.39, 0.29) is 0 Å². The first kappa shape index (κ1) is 14.5. The molecule has 0 spiro atoms. The fourth-order valence-electron chi connectivity index (χ4n) is 3.74. The van der Waals surface area contributed by atoms with Crippen LogP contribution in [0.15, 0.2) is 24.4 Å². The van der Waals surface area contributed by atoms with Crippen LogP contribution in [0.5, 0.6) is 0 Å². The number of nitrogens with zero attached hydrogens (tertiary/aromatic N) is 1. The Bertz CT molecular complexity index is 386. The zero-order valence-electron chi connectivity index (χ0n) is 12.8. The SMILES string of the molecule is CNC1CC(C)CCC1C(C)(C)Cc1ccccn1. The van der Waals surface area contributed by atoms with Gasteiger partial charge < -0.3 is 5.32 Å². The molecule has 106 valence electrons. The third-order valence-corrected chi connectivity index (χ3v) is 4.85. The lowest BCUT2D eigenvalue weighted by Crippen LogP contribution is -2.46. The summed E-state index contributed by atoms with van der Waals surface area (Å²) >= 11 is 0. The third-order valence-electron chi connectivity index (χ3n) is 4.85. The fourth-order valence-corrected chi connectivity index (χ4v) is 3.74. The predicted molar refractivity (Wildman–Crippen MR) is 81.1 cm³/mol. The van der Waals surface area contributed by atoms with E-state index >= 15 is 0 Å². The summed E-state index contributed by atoms with van der Waals surface area (Å²) in [4.78, 5) is 4.50. The second-order valence-corrected chi connectivity index (χ2v) is 6.91. The summed E-state index contributed by atoms with van der Waals surface area (Å²) in [6.07, 6.45) is 7.00. The molecule has 0 aromatic carbocycles. The normalized spacial score (nSPS) is 28.3. The monoisotopic (exact) mass is 260 g/mol. The quantitative estimate of drug-likeness (QED) is 0.893. The fraction of sp³-hybridized carbons (Fsp3) is 0.706. The molecular weight excluding hydrogens is 232 g/mol. The van der Waals surface area contributed by atoms with Crippen molar-refractivity contribution < 1.29 is 0 Å². The van der Waals surface area contributed by atoms with Crippen LogP contribution < -0.4 is 5.32 Å². The van der Waals surface area contributed by atoms with E-state index in [2.05, 4.69) is 50.3 Å². The molecule has 0 aliphatic heterocycles. The van der Waals surface area contributed by atoms with Gasteiger partial charge in [-0.05, 0) is 55.7 Å². The van der Waals surface area contributed by atoms with Gasteiger partial charge in [0.25, 0.3) is 0 Å². The van der Waals surface area contributed by atoms with Crippen LogP contribution in [0.25, 0.3) is 0 Å². The molecule has 3 atom stereocenters. The summed E-state index contributed by atoms with van der Waals surface area (Å²) < 4.78 is 0. The Morgan fingerprint density at radius 1 is 1.32 bits per heavy atom. The maximum atomic E-state index is 4.50. The summed E-state index contributed by atoms with van der Waals surface area (Å²) in [5, 5.41) is 3.56. The van der Waals surface area contributed by atoms with Gasteiger partial charge in [0.15, 0.2) is 0 Å². The van der Waals surface area contributed by atoms with Crippen molar-refractivity contribution in [3.05, 3.63) is 30.1 Å². The second-order valence-electron chi connectivity index (χ2n) is 6.91. The Kier molecular flexibility index (Phi) is 4.62. The summed E-state index contributed by atoms with van der Waals surface area (Å²) in [6, 6.07) is 6.90. The van der Waals surface area contributed by atoms with Crippen molar-refractivity contribution >= 4 is 0 Å². The van der Waals surface area contributed by atoms with Crippen molar-refractivity contribution in [3.63, 3.8) is 0 Å². The maximum absolute atomic E-state index is 4.50. The van der Waals surface area contributed by atoms with Crippen molar-refractivity contribution in [2.45, 2.75) is 52.5 Å². The average Bonchev–Trinajstić information content (AvgIpc) is 2.38. The van der Waals surface area contributed by atoms with Gasteiger partial charge >= 0.3 is 0 Å². The van der Waals surface area contributed by atoms with Gasteiger partial charge in [-0.1, -0.05) is 33.3 Å². The van der Waals surface area contributed by atoms with Gasteiger partial charge in [0.2, 0.25) is 0 Å². The first-order valence-corrected chi connectivity index (χ1v) is 7.60. The van der Waals surface area contributed by atoms with Gasteiger partial charge in [-0.2, -0.15) is 0 Å². The van der Waals surface area contributed by atoms with Crippen LogP contribution in [0, 0.1) is 17.3 Å². The molecule has 0 bridgehead atoms. The van der Waals surface area contributed by atoms with E-state index in [1.165, 1.54) is 25.0 Å². The van der Waals surface area contributed by atoms with E-state index in [1.54, 1.807) is 0 Å². The molecule has 0 radical (unpaired) electrons. The van der Waals surface area contributed by atoms with Crippen LogP contribution in [0.2, 0.25) is 0 Å². The molecule has 1 aromatic rings. The van der Waals surface area contributed by atoms with E-state index in [4.69, 9.17) is 0 Å². The molecule has 1 fully saturated rings. The van der Waals surface area contributed by atoms with Crippen LogP contribution >= 0.6 is 0 Å². The summed E-state index contributed by atoms with van der Waals surface area (Å²) in [7, 11) is 2.12. The average molecular weight is 260 g/mol. The first-order valence-electron chi connectivity index (χ1n) is 7.60. The van der Waals surface area contributed by atoms with Crippen molar-refractivity contribution in [1.82, 2.24) is 10.3 Å². The summed E-state index contributed by atoms with van der Waals surface area (Å²) in [5.41, 5.74) is 1.53. The molecule has 2 heteroatoms. The number of hydrogen-bond donors (Lipinski definition) is 1. The summed E-state index contributed by atoms with van der Waals surface area (Å²) in [5.74, 6) is 1.61. The zero-order valence-corrected chi connectivity index (χ0v) is 12.8. The lowest BCUT2D eigenvalue weighted by Gasteiger charge is -2.44. The van der Waals surface area contributed by atoms with Crippen LogP contribution in [0.3, 0.4) is 0 Å². The van der Waals surface area contributed by atoms with Crippen molar-refractivity contribution in [2.24, 2.45) is 17.3 Å². The minimum absolute atomic E-state index is 0.308. The lowest BCUT2D eigenvalue weighted by molar-refractivity contribution is 0.0972. The Labute approximate surface area is 118 Å². The first-order chi connectivity index (χ1) is 9.03. The molecule has 1 heterocycles. The molecule has 0 saturated heterocycles. The molecular formula is C17H28N2. The van der Waals surface area contributed by atoms with Gasteiger partial charge in [0.1, 0.15) is 0 Å². The summed E-state index contributed by atoms with van der Waals surface area (Å²) in [6.45, 7) is 7.20. The second kappa shape index (κ2) is 6.04. The van der Waals surface area contributed by atoms with Gasteiger partial charge in [0, 0.05) is 17.9 Å². The van der Waals surface area contributed by atoms with E-state index in [1.807, 2.05) is 12.3 Å². The number of pyridine rings is 1. The largest absolute Gasteiger partial charge is 0.317 e. The third kappa shape index (κ3) is 3.56. The Hall–Kier alpha value is -0.890. The van der Waals surface area contributed by atoms with Gasteiger partial charge in [0.05, 0.1) is 0 Å². The molecule has 3 unspecified atom stereocenters. The molecule has 1 saturated carbocycles. The smallest absolute Gasteiger partial charge is 0.0409 e. The minimum Gasteiger partial charge on any atom is -0.317 e. The molecule has 19 heavy (non-hydrogen) atoms. The molecule has 2 nitrogen and oxygen atoms in total. The highest BCUT2D eigenvalue weighted by atomic mass is 14.9. The molecule has 1 N–H and O–H groups in total.